The van der Waals surface area contributed by atoms with Gasteiger partial charge in [-0.05, 0) is 0 Å². The molecular weight excluding hydrogens is 115 g/mol. The summed E-state index contributed by atoms with van der Waals surface area (Å²) in [5, 5.41) is 8.46. The number of rotatable bonds is 0. The van der Waals surface area contributed by atoms with E-state index in [0.717, 1.165) is 0 Å². The van der Waals surface area contributed by atoms with Crippen molar-refractivity contribution < 1.29 is 5.11 Å². The van der Waals surface area contributed by atoms with Gasteiger partial charge in [-0.2, -0.15) is 0 Å². The molecule has 0 fully saturated rings. The predicted molar refractivity (Wildman–Crippen MR) is 29.5 cm³/mol. The zero-order chi connectivity index (χ0) is 5.11. The van der Waals surface area contributed by atoms with Gasteiger partial charge in [-0.1, -0.05) is 0 Å². The molecule has 1 aromatic heterocycles. The van der Waals surface area contributed by atoms with E-state index in [1.807, 2.05) is 0 Å². The van der Waals surface area contributed by atoms with Gasteiger partial charge in [-0.3, -0.25) is 4.98 Å². The van der Waals surface area contributed by atoms with Crippen LogP contribution < -0.4 is 0 Å². The number of aromatic hydroxyl groups is 1. The smallest absolute Gasteiger partial charge is 0.229 e. The van der Waals surface area contributed by atoms with Crippen molar-refractivity contribution in [3.05, 3.63) is 18.6 Å². The van der Waals surface area contributed by atoms with Gasteiger partial charge in [0.2, 0.25) is 5.88 Å². The molecule has 1 radical (unpaired) electrons. The van der Waals surface area contributed by atoms with E-state index < -0.39 is 0 Å². The molecule has 0 unspecified atom stereocenters. The molecule has 4 heteroatoms. The molecule has 0 bridgehead atoms. The zero-order valence-corrected chi connectivity index (χ0v) is 6.57. The van der Waals surface area contributed by atoms with Crippen molar-refractivity contribution >= 4 is 29.6 Å². The third-order valence-electron chi connectivity index (χ3n) is 0.550. The van der Waals surface area contributed by atoms with E-state index in [4.69, 9.17) is 5.11 Å². The topological polar surface area (TPSA) is 46.0 Å². The number of aromatic nitrogens is 2. The standard InChI is InChI=1S/C4H4N2O.Na/c7-4-3-5-1-2-6-4;/h1-3H,(H,6,7);. The monoisotopic (exact) mass is 119 g/mol. The summed E-state index contributed by atoms with van der Waals surface area (Å²) >= 11 is 0. The molecule has 1 heterocycles. The third-order valence-corrected chi connectivity index (χ3v) is 0.550. The Morgan fingerprint density at radius 1 is 1.38 bits per heavy atom. The second-order valence-electron chi connectivity index (χ2n) is 1.06. The van der Waals surface area contributed by atoms with E-state index in [9.17, 15) is 0 Å². The van der Waals surface area contributed by atoms with Crippen LogP contribution in [0.25, 0.3) is 0 Å². The molecule has 0 saturated heterocycles. The Kier molecular flexibility index (Phi) is 3.77. The van der Waals surface area contributed by atoms with Crippen molar-refractivity contribution in [2.45, 2.75) is 0 Å². The summed E-state index contributed by atoms with van der Waals surface area (Å²) in [6.07, 6.45) is 4.20. The molecule has 37 valence electrons. The van der Waals surface area contributed by atoms with Crippen LogP contribution >= 0.6 is 0 Å². The van der Waals surface area contributed by atoms with Crippen molar-refractivity contribution in [1.82, 2.24) is 9.97 Å². The second kappa shape index (κ2) is 3.83. The summed E-state index contributed by atoms with van der Waals surface area (Å²) in [4.78, 5) is 7.04. The van der Waals surface area contributed by atoms with E-state index in [-0.39, 0.29) is 35.4 Å². The zero-order valence-electron chi connectivity index (χ0n) is 4.57. The molecule has 8 heavy (non-hydrogen) atoms. The van der Waals surface area contributed by atoms with Gasteiger partial charge in [0.25, 0.3) is 0 Å². The molecule has 1 aromatic rings. The molecule has 0 aliphatic carbocycles. The van der Waals surface area contributed by atoms with Crippen LogP contribution in [0.4, 0.5) is 0 Å². The first kappa shape index (κ1) is 7.88. The largest absolute Gasteiger partial charge is 0.492 e. The van der Waals surface area contributed by atoms with Crippen molar-refractivity contribution in [3.8, 4) is 5.88 Å². The van der Waals surface area contributed by atoms with Crippen molar-refractivity contribution in [1.29, 1.82) is 0 Å². The van der Waals surface area contributed by atoms with Crippen molar-refractivity contribution in [2.24, 2.45) is 0 Å². The van der Waals surface area contributed by atoms with Gasteiger partial charge in [-0.15, -0.1) is 0 Å². The Balaban J connectivity index is 0.000000490. The number of nitrogens with zero attached hydrogens (tertiary/aromatic N) is 2. The normalized spacial score (nSPS) is 7.50. The average Bonchev–Trinajstić information content (AvgIpc) is 1.69. The summed E-state index contributed by atoms with van der Waals surface area (Å²) in [7, 11) is 0. The van der Waals surface area contributed by atoms with Crippen LogP contribution in [0, 0.1) is 0 Å². The molecule has 0 aliphatic heterocycles. The number of hydrogen-bond donors (Lipinski definition) is 1. The molecule has 0 aromatic carbocycles. The minimum absolute atomic E-state index is 0. The van der Waals surface area contributed by atoms with Gasteiger partial charge in [-0.25, -0.2) is 4.98 Å². The molecule has 1 N–H and O–H groups in total. The van der Waals surface area contributed by atoms with E-state index in [0.29, 0.717) is 0 Å². The van der Waals surface area contributed by atoms with Crippen LogP contribution in [0.5, 0.6) is 5.88 Å². The third kappa shape index (κ3) is 2.26. The van der Waals surface area contributed by atoms with Gasteiger partial charge in [0.1, 0.15) is 0 Å². The van der Waals surface area contributed by atoms with E-state index in [1.54, 1.807) is 0 Å². The molecule has 1 rings (SSSR count). The fourth-order valence-electron chi connectivity index (χ4n) is 0.291. The molecule has 0 amide bonds. The molecule has 0 spiro atoms. The maximum atomic E-state index is 8.46. The minimum Gasteiger partial charge on any atom is -0.492 e. The van der Waals surface area contributed by atoms with Crippen LogP contribution in [-0.2, 0) is 0 Å². The fourth-order valence-corrected chi connectivity index (χ4v) is 0.291. The summed E-state index contributed by atoms with van der Waals surface area (Å²) in [6.45, 7) is 0. The minimum atomic E-state index is -0.0394. The van der Waals surface area contributed by atoms with Crippen molar-refractivity contribution in [2.75, 3.05) is 0 Å². The molecule has 0 aliphatic rings. The first-order chi connectivity index (χ1) is 3.39. The van der Waals surface area contributed by atoms with Crippen LogP contribution in [0.3, 0.4) is 0 Å². The quantitative estimate of drug-likeness (QED) is 0.481. The van der Waals surface area contributed by atoms with Crippen molar-refractivity contribution in [3.63, 3.8) is 0 Å². The Hall–Kier alpha value is -0.120. The summed E-state index contributed by atoms with van der Waals surface area (Å²) < 4.78 is 0. The maximum absolute atomic E-state index is 8.46. The van der Waals surface area contributed by atoms with Crippen LogP contribution in [0.1, 0.15) is 0 Å². The van der Waals surface area contributed by atoms with Gasteiger partial charge >= 0.3 is 0 Å². The summed E-state index contributed by atoms with van der Waals surface area (Å²) in [6, 6.07) is 0. The predicted octanol–water partition coefficient (Wildman–Crippen LogP) is -0.199. The SMILES string of the molecule is Oc1cnccn1.[Na]. The van der Waals surface area contributed by atoms with Crippen LogP contribution in [-0.4, -0.2) is 44.6 Å². The first-order valence-electron chi connectivity index (χ1n) is 1.84. The van der Waals surface area contributed by atoms with E-state index >= 15 is 0 Å². The van der Waals surface area contributed by atoms with Crippen LogP contribution in [0.15, 0.2) is 18.6 Å². The summed E-state index contributed by atoms with van der Waals surface area (Å²) in [5.41, 5.74) is 0. The Morgan fingerprint density at radius 2 is 2.12 bits per heavy atom. The second-order valence-corrected chi connectivity index (χ2v) is 1.06. The Bertz CT molecular complexity index is 144. The molecule has 3 nitrogen and oxygen atoms in total. The van der Waals surface area contributed by atoms with Crippen LogP contribution in [0.2, 0.25) is 0 Å². The molecule has 0 atom stereocenters. The average molecular weight is 119 g/mol. The molecular formula is C4H4N2NaO. The first-order valence-corrected chi connectivity index (χ1v) is 1.84. The Labute approximate surface area is 69.1 Å². The Morgan fingerprint density at radius 3 is 2.38 bits per heavy atom. The van der Waals surface area contributed by atoms with Gasteiger partial charge in [0.05, 0.1) is 6.20 Å². The van der Waals surface area contributed by atoms with E-state index in [1.165, 1.54) is 18.6 Å². The molecule has 0 saturated carbocycles. The fraction of sp³-hybridized carbons (Fsp3) is 0. The van der Waals surface area contributed by atoms with Gasteiger partial charge < -0.3 is 5.11 Å². The maximum Gasteiger partial charge on any atom is 0.229 e. The van der Waals surface area contributed by atoms with Gasteiger partial charge in [0, 0.05) is 42.0 Å². The van der Waals surface area contributed by atoms with E-state index in [2.05, 4.69) is 9.97 Å². The number of hydrogen-bond acceptors (Lipinski definition) is 3. The summed E-state index contributed by atoms with van der Waals surface area (Å²) in [5.74, 6) is -0.0394. The van der Waals surface area contributed by atoms with Gasteiger partial charge in [0.15, 0.2) is 0 Å².